The second-order valence-electron chi connectivity index (χ2n) is 7.96. The fourth-order valence-corrected chi connectivity index (χ4v) is 4.35. The van der Waals surface area contributed by atoms with Crippen molar-refractivity contribution in [3.05, 3.63) is 64.2 Å². The van der Waals surface area contributed by atoms with Gasteiger partial charge in [-0.15, -0.1) is 0 Å². The quantitative estimate of drug-likeness (QED) is 0.694. The highest BCUT2D eigenvalue weighted by molar-refractivity contribution is 6.36. The number of hydrogen-bond acceptors (Lipinski definition) is 3. The fourth-order valence-electron chi connectivity index (χ4n) is 4.23. The number of ether oxygens (including phenoxy) is 1. The Morgan fingerprint density at radius 2 is 1.86 bits per heavy atom. The standard InChI is InChI=1S/C23H23ClFNO3/c1-15(25)17-4-7-19-21(13-17)29-14-23(19)8-10-26(11-9-23)22(28)20(27)12-16-2-5-18(24)6-3-16/h2-7,13,15H,8-12,14H2,1H3. The Labute approximate surface area is 174 Å². The third kappa shape index (κ3) is 3.88. The summed E-state index contributed by atoms with van der Waals surface area (Å²) in [5.41, 5.74) is 2.31. The molecule has 29 heavy (non-hydrogen) atoms. The van der Waals surface area contributed by atoms with Gasteiger partial charge in [-0.25, -0.2) is 4.39 Å². The molecule has 1 saturated heterocycles. The zero-order valence-corrected chi connectivity index (χ0v) is 17.0. The lowest BCUT2D eigenvalue weighted by Crippen LogP contribution is -2.48. The van der Waals surface area contributed by atoms with Gasteiger partial charge in [0.1, 0.15) is 11.9 Å². The average molecular weight is 416 g/mol. The van der Waals surface area contributed by atoms with Crippen LogP contribution in [0.15, 0.2) is 42.5 Å². The molecule has 2 heterocycles. The molecule has 4 nitrogen and oxygen atoms in total. The van der Waals surface area contributed by atoms with E-state index in [0.717, 1.165) is 29.7 Å². The molecular weight excluding hydrogens is 393 g/mol. The summed E-state index contributed by atoms with van der Waals surface area (Å²) in [5.74, 6) is -0.103. The van der Waals surface area contributed by atoms with Crippen molar-refractivity contribution in [2.75, 3.05) is 19.7 Å². The van der Waals surface area contributed by atoms with Gasteiger partial charge in [-0.3, -0.25) is 9.59 Å². The van der Waals surface area contributed by atoms with Gasteiger partial charge in [0.25, 0.3) is 5.91 Å². The van der Waals surface area contributed by atoms with Gasteiger partial charge in [0.2, 0.25) is 5.78 Å². The Bertz CT molecular complexity index is 934. The van der Waals surface area contributed by atoms with Gasteiger partial charge in [-0.05, 0) is 49.1 Å². The van der Waals surface area contributed by atoms with Crippen LogP contribution in [0.3, 0.4) is 0 Å². The second kappa shape index (κ2) is 7.79. The summed E-state index contributed by atoms with van der Waals surface area (Å²) in [7, 11) is 0. The number of nitrogens with zero attached hydrogens (tertiary/aromatic N) is 1. The van der Waals surface area contributed by atoms with E-state index in [2.05, 4.69) is 0 Å². The maximum atomic E-state index is 13.6. The number of fused-ring (bicyclic) bond motifs is 2. The smallest absolute Gasteiger partial charge is 0.290 e. The number of hydrogen-bond donors (Lipinski definition) is 0. The van der Waals surface area contributed by atoms with Crippen LogP contribution in [0.5, 0.6) is 5.75 Å². The number of carbonyl (C=O) groups excluding carboxylic acids is 2. The Hall–Kier alpha value is -2.40. The molecule has 1 atom stereocenters. The molecule has 0 saturated carbocycles. The molecule has 2 aliphatic rings. The predicted molar refractivity (Wildman–Crippen MR) is 109 cm³/mol. The van der Waals surface area contributed by atoms with Crippen molar-refractivity contribution in [1.29, 1.82) is 0 Å². The van der Waals surface area contributed by atoms with Crippen LogP contribution in [0, 0.1) is 0 Å². The van der Waals surface area contributed by atoms with Crippen molar-refractivity contribution in [1.82, 2.24) is 4.90 Å². The second-order valence-corrected chi connectivity index (χ2v) is 8.40. The largest absolute Gasteiger partial charge is 0.492 e. The summed E-state index contributed by atoms with van der Waals surface area (Å²) < 4.78 is 19.5. The maximum Gasteiger partial charge on any atom is 0.290 e. The van der Waals surface area contributed by atoms with Crippen molar-refractivity contribution < 1.29 is 18.7 Å². The van der Waals surface area contributed by atoms with Gasteiger partial charge in [-0.2, -0.15) is 0 Å². The molecule has 1 unspecified atom stereocenters. The van der Waals surface area contributed by atoms with E-state index in [9.17, 15) is 14.0 Å². The van der Waals surface area contributed by atoms with Gasteiger partial charge < -0.3 is 9.64 Å². The van der Waals surface area contributed by atoms with Crippen molar-refractivity contribution >= 4 is 23.3 Å². The monoisotopic (exact) mass is 415 g/mol. The minimum Gasteiger partial charge on any atom is -0.492 e. The number of alkyl halides is 1. The first-order chi connectivity index (χ1) is 13.9. The van der Waals surface area contributed by atoms with Crippen LogP contribution in [0.2, 0.25) is 5.02 Å². The molecule has 152 valence electrons. The number of likely N-dealkylation sites (tertiary alicyclic amines) is 1. The Morgan fingerprint density at radius 1 is 1.17 bits per heavy atom. The van der Waals surface area contributed by atoms with E-state index in [1.807, 2.05) is 12.1 Å². The Balaban J connectivity index is 1.40. The van der Waals surface area contributed by atoms with Crippen molar-refractivity contribution in [2.24, 2.45) is 0 Å². The lowest BCUT2D eigenvalue weighted by molar-refractivity contribution is -0.145. The molecule has 0 aliphatic carbocycles. The van der Waals surface area contributed by atoms with Crippen molar-refractivity contribution in [2.45, 2.75) is 37.8 Å². The predicted octanol–water partition coefficient (Wildman–Crippen LogP) is 4.43. The first-order valence-corrected chi connectivity index (χ1v) is 10.2. The number of piperidine rings is 1. The molecule has 0 bridgehead atoms. The Morgan fingerprint density at radius 3 is 2.52 bits per heavy atom. The number of amides is 1. The van der Waals surface area contributed by atoms with Gasteiger partial charge in [0, 0.05) is 35.5 Å². The number of halogens is 2. The molecule has 0 aromatic heterocycles. The van der Waals surface area contributed by atoms with Crippen LogP contribution in [0.25, 0.3) is 0 Å². The average Bonchev–Trinajstić information content (AvgIpc) is 3.07. The van der Waals surface area contributed by atoms with Crippen LogP contribution in [-0.2, 0) is 21.4 Å². The van der Waals surface area contributed by atoms with Gasteiger partial charge in [0.15, 0.2) is 0 Å². The lowest BCUT2D eigenvalue weighted by Gasteiger charge is -2.38. The highest BCUT2D eigenvalue weighted by Gasteiger charge is 2.44. The normalized spacial score (nSPS) is 18.2. The number of carbonyl (C=O) groups is 2. The van der Waals surface area contributed by atoms with E-state index in [1.165, 1.54) is 6.92 Å². The summed E-state index contributed by atoms with van der Waals surface area (Å²) in [6.07, 6.45) is 0.495. The lowest BCUT2D eigenvalue weighted by atomic mass is 9.74. The van der Waals surface area contributed by atoms with E-state index < -0.39 is 17.9 Å². The van der Waals surface area contributed by atoms with Crippen molar-refractivity contribution in [3.63, 3.8) is 0 Å². The zero-order chi connectivity index (χ0) is 20.6. The van der Waals surface area contributed by atoms with E-state index in [4.69, 9.17) is 16.3 Å². The minimum atomic E-state index is -1.04. The molecule has 1 amide bonds. The van der Waals surface area contributed by atoms with Crippen LogP contribution in [0.4, 0.5) is 4.39 Å². The molecule has 4 rings (SSSR count). The fraction of sp³-hybridized carbons (Fsp3) is 0.391. The third-order valence-electron chi connectivity index (χ3n) is 6.06. The Kier molecular flexibility index (Phi) is 5.34. The number of rotatable bonds is 4. The highest BCUT2D eigenvalue weighted by Crippen LogP contribution is 2.46. The third-order valence-corrected chi connectivity index (χ3v) is 6.32. The minimum absolute atomic E-state index is 0.0772. The molecule has 0 radical (unpaired) electrons. The van der Waals surface area contributed by atoms with Gasteiger partial charge in [0.05, 0.1) is 6.61 Å². The molecule has 1 spiro atoms. The van der Waals surface area contributed by atoms with Crippen LogP contribution < -0.4 is 4.74 Å². The van der Waals surface area contributed by atoms with Gasteiger partial charge >= 0.3 is 0 Å². The first kappa shape index (κ1) is 19.9. The molecular formula is C23H23ClFNO3. The van der Waals surface area contributed by atoms with Crippen molar-refractivity contribution in [3.8, 4) is 5.75 Å². The first-order valence-electron chi connectivity index (χ1n) is 9.86. The van der Waals surface area contributed by atoms with Gasteiger partial charge in [-0.1, -0.05) is 35.9 Å². The summed E-state index contributed by atoms with van der Waals surface area (Å²) in [6, 6.07) is 12.5. The number of Topliss-reactive ketones (excluding diaryl/α,β-unsaturated/α-hetero) is 1. The highest BCUT2D eigenvalue weighted by atomic mass is 35.5. The number of ketones is 1. The van der Waals surface area contributed by atoms with Crippen LogP contribution in [-0.4, -0.2) is 36.3 Å². The van der Waals surface area contributed by atoms with Crippen LogP contribution in [0.1, 0.15) is 42.6 Å². The molecule has 2 aromatic carbocycles. The summed E-state index contributed by atoms with van der Waals surface area (Å²) in [5, 5.41) is 0.598. The molecule has 6 heteroatoms. The number of benzene rings is 2. The van der Waals surface area contributed by atoms with E-state index in [0.29, 0.717) is 30.3 Å². The van der Waals surface area contributed by atoms with Crippen LogP contribution >= 0.6 is 11.6 Å². The molecule has 2 aliphatic heterocycles. The summed E-state index contributed by atoms with van der Waals surface area (Å²) in [6.45, 7) is 3.06. The van der Waals surface area contributed by atoms with E-state index in [1.54, 1.807) is 35.2 Å². The zero-order valence-electron chi connectivity index (χ0n) is 16.3. The maximum absolute atomic E-state index is 13.6. The van der Waals surface area contributed by atoms with E-state index in [-0.39, 0.29) is 11.8 Å². The molecule has 2 aromatic rings. The van der Waals surface area contributed by atoms with E-state index >= 15 is 0 Å². The SMILES string of the molecule is CC(F)c1ccc2c(c1)OCC21CCN(C(=O)C(=O)Cc2ccc(Cl)cc2)CC1. The molecule has 1 fully saturated rings. The molecule has 0 N–H and O–H groups in total. The summed E-state index contributed by atoms with van der Waals surface area (Å²) in [4.78, 5) is 26.7. The summed E-state index contributed by atoms with van der Waals surface area (Å²) >= 11 is 5.86. The topological polar surface area (TPSA) is 46.6 Å².